The van der Waals surface area contributed by atoms with E-state index in [9.17, 15) is 4.79 Å². The molecule has 0 radical (unpaired) electrons. The van der Waals surface area contributed by atoms with Gasteiger partial charge in [-0.15, -0.1) is 0 Å². The normalized spacial score (nSPS) is 12.2. The molecule has 82 valence electrons. The highest BCUT2D eigenvalue weighted by molar-refractivity contribution is 5.72. The average molecular weight is 208 g/mol. The fourth-order valence-corrected chi connectivity index (χ4v) is 1.31. The number of carboxylic acid groups (broad SMARTS) is 1. The summed E-state index contributed by atoms with van der Waals surface area (Å²) in [6, 6.07) is 5.64. The maximum absolute atomic E-state index is 10.8. The first-order valence-corrected chi connectivity index (χ1v) is 5.02. The smallest absolute Gasteiger partial charge is 0.344 e. The Morgan fingerprint density at radius 3 is 2.67 bits per heavy atom. The molecule has 0 bridgehead atoms. The van der Waals surface area contributed by atoms with Crippen LogP contribution in [0.1, 0.15) is 24.5 Å². The zero-order valence-electron chi connectivity index (χ0n) is 9.28. The Labute approximate surface area is 89.7 Å². The standard InChI is InChI=1S/C12H16O3/c1-4-10(12(13)14)15-11-7-5-6-8(2)9(11)3/h5-7,10H,4H2,1-3H3,(H,13,14). The van der Waals surface area contributed by atoms with Gasteiger partial charge >= 0.3 is 5.97 Å². The van der Waals surface area contributed by atoms with Crippen molar-refractivity contribution in [3.05, 3.63) is 29.3 Å². The summed E-state index contributed by atoms with van der Waals surface area (Å²) in [6.45, 7) is 5.70. The van der Waals surface area contributed by atoms with E-state index < -0.39 is 12.1 Å². The van der Waals surface area contributed by atoms with E-state index >= 15 is 0 Å². The predicted octanol–water partition coefficient (Wildman–Crippen LogP) is 2.55. The predicted molar refractivity (Wildman–Crippen MR) is 58.3 cm³/mol. The van der Waals surface area contributed by atoms with Gasteiger partial charge in [0.15, 0.2) is 6.10 Å². The molecular formula is C12H16O3. The summed E-state index contributed by atoms with van der Waals surface area (Å²) in [5, 5.41) is 8.87. The van der Waals surface area contributed by atoms with Crippen LogP contribution in [0.5, 0.6) is 5.75 Å². The van der Waals surface area contributed by atoms with Crippen molar-refractivity contribution in [3.63, 3.8) is 0 Å². The zero-order valence-corrected chi connectivity index (χ0v) is 9.28. The van der Waals surface area contributed by atoms with Gasteiger partial charge in [0.25, 0.3) is 0 Å². The molecule has 0 aliphatic rings. The largest absolute Gasteiger partial charge is 0.479 e. The minimum atomic E-state index is -0.918. The number of aryl methyl sites for hydroxylation is 1. The first-order valence-electron chi connectivity index (χ1n) is 5.02. The topological polar surface area (TPSA) is 46.5 Å². The van der Waals surface area contributed by atoms with Gasteiger partial charge in [-0.2, -0.15) is 0 Å². The molecule has 1 N–H and O–H groups in total. The lowest BCUT2D eigenvalue weighted by Crippen LogP contribution is -2.26. The number of ether oxygens (including phenoxy) is 1. The lowest BCUT2D eigenvalue weighted by Gasteiger charge is -2.15. The highest BCUT2D eigenvalue weighted by Gasteiger charge is 2.17. The summed E-state index contributed by atoms with van der Waals surface area (Å²) in [4.78, 5) is 10.8. The van der Waals surface area contributed by atoms with E-state index in [1.165, 1.54) is 0 Å². The molecule has 1 atom stereocenters. The summed E-state index contributed by atoms with van der Waals surface area (Å²) in [5.41, 5.74) is 2.10. The highest BCUT2D eigenvalue weighted by Crippen LogP contribution is 2.22. The van der Waals surface area contributed by atoms with E-state index in [2.05, 4.69) is 0 Å². The van der Waals surface area contributed by atoms with Crippen LogP contribution >= 0.6 is 0 Å². The molecule has 1 aromatic rings. The Bertz CT molecular complexity index is 358. The molecule has 0 amide bonds. The van der Waals surface area contributed by atoms with Gasteiger partial charge in [0.1, 0.15) is 5.75 Å². The van der Waals surface area contributed by atoms with E-state index in [4.69, 9.17) is 9.84 Å². The molecule has 1 rings (SSSR count). The van der Waals surface area contributed by atoms with Gasteiger partial charge in [-0.05, 0) is 37.5 Å². The van der Waals surface area contributed by atoms with Gasteiger partial charge in [0.05, 0.1) is 0 Å². The van der Waals surface area contributed by atoms with Crippen molar-refractivity contribution in [2.75, 3.05) is 0 Å². The molecule has 0 aliphatic carbocycles. The summed E-state index contributed by atoms with van der Waals surface area (Å²) >= 11 is 0. The third kappa shape index (κ3) is 2.72. The zero-order chi connectivity index (χ0) is 11.4. The highest BCUT2D eigenvalue weighted by atomic mass is 16.5. The van der Waals surface area contributed by atoms with Crippen LogP contribution in [0.3, 0.4) is 0 Å². The second-order valence-electron chi connectivity index (χ2n) is 3.55. The molecule has 3 nitrogen and oxygen atoms in total. The van der Waals surface area contributed by atoms with Crippen LogP contribution in [0.2, 0.25) is 0 Å². The first-order chi connectivity index (χ1) is 7.06. The van der Waals surface area contributed by atoms with Crippen LogP contribution in [-0.4, -0.2) is 17.2 Å². The van der Waals surface area contributed by atoms with Crippen LogP contribution in [0, 0.1) is 13.8 Å². The van der Waals surface area contributed by atoms with Crippen molar-refractivity contribution < 1.29 is 14.6 Å². The van der Waals surface area contributed by atoms with Gasteiger partial charge < -0.3 is 9.84 Å². The Hall–Kier alpha value is -1.51. The molecular weight excluding hydrogens is 192 g/mol. The maximum atomic E-state index is 10.8. The molecule has 0 aromatic heterocycles. The van der Waals surface area contributed by atoms with E-state index in [0.29, 0.717) is 12.2 Å². The quantitative estimate of drug-likeness (QED) is 0.827. The molecule has 0 saturated carbocycles. The van der Waals surface area contributed by atoms with E-state index in [1.807, 2.05) is 26.0 Å². The Balaban J connectivity index is 2.88. The first kappa shape index (κ1) is 11.6. The minimum Gasteiger partial charge on any atom is -0.479 e. The monoisotopic (exact) mass is 208 g/mol. The lowest BCUT2D eigenvalue weighted by molar-refractivity contribution is -0.145. The number of hydrogen-bond donors (Lipinski definition) is 1. The molecule has 0 heterocycles. The van der Waals surface area contributed by atoms with Gasteiger partial charge in [0, 0.05) is 0 Å². The Morgan fingerprint density at radius 2 is 2.13 bits per heavy atom. The third-order valence-corrected chi connectivity index (χ3v) is 2.47. The van der Waals surface area contributed by atoms with Crippen LogP contribution in [-0.2, 0) is 4.79 Å². The number of carboxylic acids is 1. The summed E-state index contributed by atoms with van der Waals surface area (Å²) < 4.78 is 5.44. The summed E-state index contributed by atoms with van der Waals surface area (Å²) in [5.74, 6) is -0.261. The average Bonchev–Trinajstić information content (AvgIpc) is 2.19. The SMILES string of the molecule is CCC(Oc1cccc(C)c1C)C(=O)O. The molecule has 3 heteroatoms. The van der Waals surface area contributed by atoms with Gasteiger partial charge in [-0.3, -0.25) is 0 Å². The third-order valence-electron chi connectivity index (χ3n) is 2.47. The van der Waals surface area contributed by atoms with Crippen molar-refractivity contribution in [1.29, 1.82) is 0 Å². The molecule has 1 unspecified atom stereocenters. The van der Waals surface area contributed by atoms with Crippen molar-refractivity contribution in [2.24, 2.45) is 0 Å². The number of carbonyl (C=O) groups is 1. The van der Waals surface area contributed by atoms with Gasteiger partial charge in [-0.1, -0.05) is 19.1 Å². The Morgan fingerprint density at radius 1 is 1.47 bits per heavy atom. The molecule has 1 aromatic carbocycles. The number of benzene rings is 1. The number of hydrogen-bond acceptors (Lipinski definition) is 2. The second-order valence-corrected chi connectivity index (χ2v) is 3.55. The van der Waals surface area contributed by atoms with Crippen molar-refractivity contribution >= 4 is 5.97 Å². The molecule has 15 heavy (non-hydrogen) atoms. The molecule has 0 spiro atoms. The van der Waals surface area contributed by atoms with Crippen molar-refractivity contribution in [3.8, 4) is 5.75 Å². The second kappa shape index (κ2) is 4.82. The van der Waals surface area contributed by atoms with Crippen molar-refractivity contribution in [1.82, 2.24) is 0 Å². The fourth-order valence-electron chi connectivity index (χ4n) is 1.31. The van der Waals surface area contributed by atoms with Crippen LogP contribution < -0.4 is 4.74 Å². The Kier molecular flexibility index (Phi) is 3.72. The minimum absolute atomic E-state index is 0.461. The number of rotatable bonds is 4. The number of aliphatic carboxylic acids is 1. The van der Waals surface area contributed by atoms with Crippen LogP contribution in [0.25, 0.3) is 0 Å². The fraction of sp³-hybridized carbons (Fsp3) is 0.417. The summed E-state index contributed by atoms with van der Waals surface area (Å²) in [6.07, 6.45) is -0.298. The van der Waals surface area contributed by atoms with Gasteiger partial charge in [-0.25, -0.2) is 4.79 Å². The van der Waals surface area contributed by atoms with Crippen LogP contribution in [0.4, 0.5) is 0 Å². The van der Waals surface area contributed by atoms with E-state index in [0.717, 1.165) is 11.1 Å². The van der Waals surface area contributed by atoms with E-state index in [-0.39, 0.29) is 0 Å². The van der Waals surface area contributed by atoms with Crippen LogP contribution in [0.15, 0.2) is 18.2 Å². The maximum Gasteiger partial charge on any atom is 0.344 e. The summed E-state index contributed by atoms with van der Waals surface area (Å²) in [7, 11) is 0. The van der Waals surface area contributed by atoms with E-state index in [1.54, 1.807) is 13.0 Å². The van der Waals surface area contributed by atoms with Crippen molar-refractivity contribution in [2.45, 2.75) is 33.3 Å². The lowest BCUT2D eigenvalue weighted by atomic mass is 10.1. The van der Waals surface area contributed by atoms with Gasteiger partial charge in [0.2, 0.25) is 0 Å². The molecule has 0 saturated heterocycles. The molecule has 0 fully saturated rings. The molecule has 0 aliphatic heterocycles.